The summed E-state index contributed by atoms with van der Waals surface area (Å²) in [5, 5.41) is 16.3. The Morgan fingerprint density at radius 3 is 1.91 bits per heavy atom. The summed E-state index contributed by atoms with van der Waals surface area (Å²) in [5.41, 5.74) is -0.0672. The molecule has 11 heavy (non-hydrogen) atoms. The molecule has 0 aromatic rings. The summed E-state index contributed by atoms with van der Waals surface area (Å²) in [6.45, 7) is 3.16. The molecule has 0 aliphatic carbocycles. The minimum absolute atomic E-state index is 0. The predicted molar refractivity (Wildman–Crippen MR) is 33.6 cm³/mol. The Bertz CT molecular complexity index is 175. The Morgan fingerprint density at radius 2 is 1.64 bits per heavy atom. The first-order valence-corrected chi connectivity index (χ1v) is 2.67. The summed E-state index contributed by atoms with van der Waals surface area (Å²) in [6, 6.07) is 0. The number of hydrogen-bond donors (Lipinski definition) is 2. The first kappa shape index (κ1) is 12.9. The van der Waals surface area contributed by atoms with Crippen molar-refractivity contribution in [1.29, 1.82) is 0 Å². The maximum absolute atomic E-state index is 10.0. The van der Waals surface area contributed by atoms with Crippen LogP contribution in [-0.4, -0.2) is 22.2 Å². The molecule has 0 rings (SSSR count). The Morgan fingerprint density at radius 1 is 1.18 bits per heavy atom. The van der Waals surface area contributed by atoms with Gasteiger partial charge in [-0.25, -0.2) is 4.79 Å². The Hall–Kier alpha value is -0.697. The van der Waals surface area contributed by atoms with Crippen molar-refractivity contribution in [2.75, 3.05) is 0 Å². The summed E-state index contributed by atoms with van der Waals surface area (Å²) >= 11 is 0. The fourth-order valence-electron chi connectivity index (χ4n) is 0.365. The van der Waals surface area contributed by atoms with Gasteiger partial charge in [0, 0.05) is 31.5 Å². The van der Waals surface area contributed by atoms with E-state index < -0.39 is 11.9 Å². The molecule has 58 valence electrons. The van der Waals surface area contributed by atoms with E-state index in [2.05, 4.69) is 6.58 Å². The molecular formula is C6H8O4Zn. The molecule has 0 fully saturated rings. The van der Waals surface area contributed by atoms with Crippen LogP contribution in [-0.2, 0) is 29.1 Å². The number of rotatable bonds is 4. The van der Waals surface area contributed by atoms with Crippen LogP contribution < -0.4 is 0 Å². The first-order chi connectivity index (χ1) is 4.54. The van der Waals surface area contributed by atoms with Crippen LogP contribution in [0.15, 0.2) is 12.2 Å². The molecule has 0 amide bonds. The van der Waals surface area contributed by atoms with E-state index in [9.17, 15) is 9.59 Å². The molecule has 0 bridgehead atoms. The first-order valence-electron chi connectivity index (χ1n) is 2.67. The summed E-state index contributed by atoms with van der Waals surface area (Å²) in [7, 11) is 0. The van der Waals surface area contributed by atoms with Crippen LogP contribution in [0.3, 0.4) is 0 Å². The molecule has 0 unspecified atom stereocenters. The van der Waals surface area contributed by atoms with Gasteiger partial charge in [0.1, 0.15) is 0 Å². The molecule has 5 heteroatoms. The van der Waals surface area contributed by atoms with Crippen LogP contribution in [0.2, 0.25) is 0 Å². The zero-order valence-electron chi connectivity index (χ0n) is 6.04. The molecule has 0 aromatic carbocycles. The van der Waals surface area contributed by atoms with Gasteiger partial charge in [0.25, 0.3) is 0 Å². The largest absolute Gasteiger partial charge is 0.481 e. The number of carbonyl (C=O) groups is 2. The Balaban J connectivity index is 0. The van der Waals surface area contributed by atoms with Crippen molar-refractivity contribution < 1.29 is 39.3 Å². The van der Waals surface area contributed by atoms with Crippen molar-refractivity contribution in [2.24, 2.45) is 0 Å². The van der Waals surface area contributed by atoms with Crippen LogP contribution in [0.1, 0.15) is 12.8 Å². The van der Waals surface area contributed by atoms with Crippen molar-refractivity contribution in [3.63, 3.8) is 0 Å². The molecule has 0 aromatic heterocycles. The van der Waals surface area contributed by atoms with E-state index in [1.165, 1.54) is 0 Å². The third kappa shape index (κ3) is 7.20. The second-order valence-corrected chi connectivity index (χ2v) is 1.80. The standard InChI is InChI=1S/C6H8O4.Zn/c1-4(6(9)10)2-3-5(7)8;/h1-3H2,(H,7,8)(H,9,10);. The van der Waals surface area contributed by atoms with Gasteiger partial charge in [-0.2, -0.15) is 0 Å². The Labute approximate surface area is 76.7 Å². The molecule has 4 nitrogen and oxygen atoms in total. The van der Waals surface area contributed by atoms with E-state index >= 15 is 0 Å². The Kier molecular flexibility index (Phi) is 7.10. The summed E-state index contributed by atoms with van der Waals surface area (Å²) in [4.78, 5) is 19.9. The number of hydrogen-bond acceptors (Lipinski definition) is 2. The molecule has 0 saturated carbocycles. The van der Waals surface area contributed by atoms with E-state index in [4.69, 9.17) is 10.2 Å². The maximum atomic E-state index is 10.0. The van der Waals surface area contributed by atoms with E-state index in [0.29, 0.717) is 0 Å². The average Bonchev–Trinajstić information content (AvgIpc) is 1.82. The molecule has 0 atom stereocenters. The van der Waals surface area contributed by atoms with Gasteiger partial charge < -0.3 is 10.2 Å². The quantitative estimate of drug-likeness (QED) is 0.522. The summed E-state index contributed by atoms with van der Waals surface area (Å²) < 4.78 is 0. The van der Waals surface area contributed by atoms with Gasteiger partial charge in [0.05, 0.1) is 0 Å². The zero-order chi connectivity index (χ0) is 8.15. The monoisotopic (exact) mass is 208 g/mol. The fourth-order valence-corrected chi connectivity index (χ4v) is 0.365. The molecule has 0 aliphatic rings. The molecule has 0 aliphatic heterocycles. The van der Waals surface area contributed by atoms with Crippen molar-refractivity contribution in [3.8, 4) is 0 Å². The minimum Gasteiger partial charge on any atom is -0.481 e. The second-order valence-electron chi connectivity index (χ2n) is 1.80. The number of carboxylic acid groups (broad SMARTS) is 2. The van der Waals surface area contributed by atoms with E-state index in [1.807, 2.05) is 0 Å². The SMILES string of the molecule is C=C(CCC(=O)O)C(=O)O.[Zn]. The summed E-state index contributed by atoms with van der Waals surface area (Å²) in [6.07, 6.45) is -0.171. The van der Waals surface area contributed by atoms with Crippen molar-refractivity contribution in [1.82, 2.24) is 0 Å². The van der Waals surface area contributed by atoms with Gasteiger partial charge in [-0.3, -0.25) is 4.79 Å². The predicted octanol–water partition coefficient (Wildman–Crippen LogP) is 0.490. The normalized spacial score (nSPS) is 8.00. The van der Waals surface area contributed by atoms with Crippen LogP contribution in [0.4, 0.5) is 0 Å². The van der Waals surface area contributed by atoms with E-state index in [0.717, 1.165) is 0 Å². The van der Waals surface area contributed by atoms with Gasteiger partial charge >= 0.3 is 11.9 Å². The number of carboxylic acids is 2. The van der Waals surface area contributed by atoms with Gasteiger partial charge in [0.15, 0.2) is 0 Å². The van der Waals surface area contributed by atoms with Gasteiger partial charge in [-0.1, -0.05) is 6.58 Å². The third-order valence-electron chi connectivity index (χ3n) is 0.943. The second kappa shape index (κ2) is 6.04. The third-order valence-corrected chi connectivity index (χ3v) is 0.943. The maximum Gasteiger partial charge on any atom is 0.330 e. The molecule has 0 spiro atoms. The van der Waals surface area contributed by atoms with Crippen LogP contribution in [0.25, 0.3) is 0 Å². The van der Waals surface area contributed by atoms with Crippen molar-refractivity contribution in [2.45, 2.75) is 12.8 Å². The van der Waals surface area contributed by atoms with Gasteiger partial charge in [-0.15, -0.1) is 0 Å². The van der Waals surface area contributed by atoms with Gasteiger partial charge in [-0.05, 0) is 6.42 Å². The van der Waals surface area contributed by atoms with E-state index in [1.54, 1.807) is 0 Å². The molecule has 0 saturated heterocycles. The van der Waals surface area contributed by atoms with Crippen molar-refractivity contribution in [3.05, 3.63) is 12.2 Å². The molecule has 2 N–H and O–H groups in total. The molecule has 0 heterocycles. The fraction of sp³-hybridized carbons (Fsp3) is 0.333. The molecular weight excluding hydrogens is 201 g/mol. The summed E-state index contributed by atoms with van der Waals surface area (Å²) in [5.74, 6) is -2.15. The zero-order valence-corrected chi connectivity index (χ0v) is 9.01. The minimum atomic E-state index is -1.14. The van der Waals surface area contributed by atoms with Gasteiger partial charge in [0.2, 0.25) is 0 Å². The topological polar surface area (TPSA) is 74.6 Å². The van der Waals surface area contributed by atoms with Crippen LogP contribution in [0, 0.1) is 0 Å². The number of aliphatic carboxylic acids is 2. The van der Waals surface area contributed by atoms with E-state index in [-0.39, 0.29) is 37.9 Å². The van der Waals surface area contributed by atoms with Crippen LogP contribution in [0.5, 0.6) is 0 Å². The smallest absolute Gasteiger partial charge is 0.330 e. The molecule has 0 radical (unpaired) electrons. The van der Waals surface area contributed by atoms with Crippen LogP contribution >= 0.6 is 0 Å². The van der Waals surface area contributed by atoms with Crippen molar-refractivity contribution >= 4 is 11.9 Å². The average molecular weight is 210 g/mol.